The lowest BCUT2D eigenvalue weighted by molar-refractivity contribution is 0.0950. The second kappa shape index (κ2) is 11.9. The van der Waals surface area contributed by atoms with Gasteiger partial charge in [0.05, 0.1) is 6.10 Å². The second-order valence-electron chi connectivity index (χ2n) is 8.13. The summed E-state index contributed by atoms with van der Waals surface area (Å²) in [6, 6.07) is 23.6. The number of hydrogen-bond donors (Lipinski definition) is 2. The molecule has 0 atom stereocenters. The fraction of sp³-hybridized carbons (Fsp3) is 0.185. The summed E-state index contributed by atoms with van der Waals surface area (Å²) in [5.74, 6) is 0.933. The molecule has 0 bridgehead atoms. The number of nitrogens with zero attached hydrogens (tertiary/aromatic N) is 2. The Hall–Kier alpha value is -4.24. The fourth-order valence-electron chi connectivity index (χ4n) is 3.20. The van der Waals surface area contributed by atoms with E-state index in [0.29, 0.717) is 22.8 Å². The largest absolute Gasteiger partial charge is 0.491 e. The number of nitrogens with one attached hydrogen (secondary N) is 2. The summed E-state index contributed by atoms with van der Waals surface area (Å²) >= 11 is 1.16. The van der Waals surface area contributed by atoms with E-state index in [-0.39, 0.29) is 29.5 Å². The van der Waals surface area contributed by atoms with Crippen LogP contribution in [0.2, 0.25) is 0 Å². The molecule has 2 N–H and O–H groups in total. The molecule has 184 valence electrons. The molecule has 0 saturated heterocycles. The zero-order chi connectivity index (χ0) is 25.3. The van der Waals surface area contributed by atoms with Crippen molar-refractivity contribution in [2.45, 2.75) is 33.1 Å². The van der Waals surface area contributed by atoms with Gasteiger partial charge in [0.15, 0.2) is 5.01 Å². The van der Waals surface area contributed by atoms with Gasteiger partial charge < -0.3 is 20.1 Å². The number of benzene rings is 3. The molecule has 4 aromatic rings. The normalized spacial score (nSPS) is 10.6. The number of ether oxygens (including phenoxy) is 2. The van der Waals surface area contributed by atoms with Gasteiger partial charge in [-0.1, -0.05) is 41.7 Å². The molecule has 4 rings (SSSR count). The van der Waals surface area contributed by atoms with Crippen LogP contribution < -0.4 is 20.1 Å². The molecule has 0 saturated carbocycles. The van der Waals surface area contributed by atoms with E-state index in [0.717, 1.165) is 28.4 Å². The Bertz CT molecular complexity index is 1290. The molecule has 9 heteroatoms. The van der Waals surface area contributed by atoms with Crippen molar-refractivity contribution in [2.24, 2.45) is 0 Å². The maximum atomic E-state index is 12.5. The third-order valence-electron chi connectivity index (χ3n) is 4.92. The first-order valence-corrected chi connectivity index (χ1v) is 12.2. The molecule has 1 aromatic heterocycles. The SMILES string of the molecule is CC(C)Oc1ccc(CNC(=O)c2ccc(NC(=O)c3nnc(COc4ccccc4)s3)cc2)cc1. The molecule has 3 aromatic carbocycles. The monoisotopic (exact) mass is 502 g/mol. The first-order chi connectivity index (χ1) is 17.5. The van der Waals surface area contributed by atoms with Crippen molar-refractivity contribution >= 4 is 28.8 Å². The summed E-state index contributed by atoms with van der Waals surface area (Å²) < 4.78 is 11.3. The summed E-state index contributed by atoms with van der Waals surface area (Å²) in [6.07, 6.45) is 0.110. The average Bonchev–Trinajstić information content (AvgIpc) is 3.37. The zero-order valence-electron chi connectivity index (χ0n) is 19.9. The van der Waals surface area contributed by atoms with Crippen molar-refractivity contribution < 1.29 is 19.1 Å². The summed E-state index contributed by atoms with van der Waals surface area (Å²) in [7, 11) is 0. The molecule has 0 aliphatic heterocycles. The van der Waals surface area contributed by atoms with Gasteiger partial charge >= 0.3 is 0 Å². The lowest BCUT2D eigenvalue weighted by Crippen LogP contribution is -2.22. The van der Waals surface area contributed by atoms with Crippen molar-refractivity contribution in [1.29, 1.82) is 0 Å². The van der Waals surface area contributed by atoms with E-state index in [1.165, 1.54) is 0 Å². The number of hydrogen-bond acceptors (Lipinski definition) is 7. The first kappa shape index (κ1) is 24.9. The topological polar surface area (TPSA) is 102 Å². The molecular weight excluding hydrogens is 476 g/mol. The highest BCUT2D eigenvalue weighted by molar-refractivity contribution is 7.13. The minimum atomic E-state index is -0.374. The average molecular weight is 503 g/mol. The summed E-state index contributed by atoms with van der Waals surface area (Å²) in [4.78, 5) is 25.0. The second-order valence-corrected chi connectivity index (χ2v) is 9.19. The van der Waals surface area contributed by atoms with Crippen LogP contribution in [0.3, 0.4) is 0 Å². The number of aromatic nitrogens is 2. The van der Waals surface area contributed by atoms with E-state index in [1.54, 1.807) is 24.3 Å². The molecular formula is C27H26N4O4S. The molecule has 0 aliphatic carbocycles. The Morgan fingerprint density at radius 3 is 2.28 bits per heavy atom. The highest BCUT2D eigenvalue weighted by Gasteiger charge is 2.14. The van der Waals surface area contributed by atoms with E-state index >= 15 is 0 Å². The van der Waals surface area contributed by atoms with E-state index < -0.39 is 0 Å². The van der Waals surface area contributed by atoms with Gasteiger partial charge in [-0.25, -0.2) is 0 Å². The van der Waals surface area contributed by atoms with Crippen LogP contribution in [0.25, 0.3) is 0 Å². The van der Waals surface area contributed by atoms with Gasteiger partial charge in [0.1, 0.15) is 18.1 Å². The Labute approximate surface area is 213 Å². The molecule has 0 unspecified atom stereocenters. The van der Waals surface area contributed by atoms with Crippen LogP contribution in [0.1, 0.15) is 44.6 Å². The van der Waals surface area contributed by atoms with Crippen molar-refractivity contribution in [2.75, 3.05) is 5.32 Å². The van der Waals surface area contributed by atoms with E-state index in [2.05, 4.69) is 20.8 Å². The smallest absolute Gasteiger partial charge is 0.286 e. The number of anilines is 1. The maximum Gasteiger partial charge on any atom is 0.286 e. The van der Waals surface area contributed by atoms with Crippen LogP contribution in [0.4, 0.5) is 5.69 Å². The molecule has 8 nitrogen and oxygen atoms in total. The molecule has 0 spiro atoms. The zero-order valence-corrected chi connectivity index (χ0v) is 20.7. The third kappa shape index (κ3) is 7.13. The Kier molecular flexibility index (Phi) is 8.25. The molecule has 0 fully saturated rings. The fourth-order valence-corrected chi connectivity index (χ4v) is 3.85. The van der Waals surface area contributed by atoms with Crippen molar-refractivity contribution in [3.63, 3.8) is 0 Å². The van der Waals surface area contributed by atoms with Crippen LogP contribution in [-0.2, 0) is 13.2 Å². The van der Waals surface area contributed by atoms with Gasteiger partial charge in [-0.3, -0.25) is 9.59 Å². The van der Waals surface area contributed by atoms with Gasteiger partial charge in [0.25, 0.3) is 11.8 Å². The summed E-state index contributed by atoms with van der Waals surface area (Å²) in [6.45, 7) is 4.57. The van der Waals surface area contributed by atoms with Crippen LogP contribution in [0.15, 0.2) is 78.9 Å². The van der Waals surface area contributed by atoms with Gasteiger partial charge in [-0.2, -0.15) is 0 Å². The molecule has 0 radical (unpaired) electrons. The van der Waals surface area contributed by atoms with Crippen LogP contribution >= 0.6 is 11.3 Å². The lowest BCUT2D eigenvalue weighted by atomic mass is 10.1. The molecule has 1 heterocycles. The van der Waals surface area contributed by atoms with Crippen LogP contribution in [0.5, 0.6) is 11.5 Å². The highest BCUT2D eigenvalue weighted by Crippen LogP contribution is 2.17. The van der Waals surface area contributed by atoms with Crippen LogP contribution in [-0.4, -0.2) is 28.1 Å². The quantitative estimate of drug-likeness (QED) is 0.313. The molecule has 36 heavy (non-hydrogen) atoms. The maximum absolute atomic E-state index is 12.5. The number of rotatable bonds is 10. The molecule has 2 amide bonds. The minimum Gasteiger partial charge on any atom is -0.491 e. The number of amides is 2. The van der Waals surface area contributed by atoms with Gasteiger partial charge in [-0.15, -0.1) is 10.2 Å². The van der Waals surface area contributed by atoms with Gasteiger partial charge in [0, 0.05) is 17.8 Å². The van der Waals surface area contributed by atoms with Gasteiger partial charge in [0.2, 0.25) is 5.01 Å². The predicted molar refractivity (Wildman–Crippen MR) is 138 cm³/mol. The van der Waals surface area contributed by atoms with Crippen molar-refractivity contribution in [3.8, 4) is 11.5 Å². The first-order valence-electron chi connectivity index (χ1n) is 11.4. The summed E-state index contributed by atoms with van der Waals surface area (Å²) in [5.41, 5.74) is 2.01. The van der Waals surface area contributed by atoms with Crippen LogP contribution in [0, 0.1) is 0 Å². The number of carbonyl (C=O) groups is 2. The standard InChI is InChI=1S/C27H26N4O4S/c1-18(2)35-23-14-8-19(9-15-23)16-28-25(32)20-10-12-21(13-11-20)29-26(33)27-31-30-24(36-27)17-34-22-6-4-3-5-7-22/h3-15,18H,16-17H2,1-2H3,(H,28,32)(H,29,33). The third-order valence-corrected chi connectivity index (χ3v) is 5.82. The highest BCUT2D eigenvalue weighted by atomic mass is 32.1. The lowest BCUT2D eigenvalue weighted by Gasteiger charge is -2.10. The van der Waals surface area contributed by atoms with E-state index in [9.17, 15) is 9.59 Å². The summed E-state index contributed by atoms with van der Waals surface area (Å²) in [5, 5.41) is 14.5. The van der Waals surface area contributed by atoms with Gasteiger partial charge in [-0.05, 0) is 67.9 Å². The Morgan fingerprint density at radius 1 is 0.861 bits per heavy atom. The molecule has 0 aliphatic rings. The predicted octanol–water partition coefficient (Wildman–Crippen LogP) is 5.09. The van der Waals surface area contributed by atoms with Crippen molar-refractivity contribution in [1.82, 2.24) is 15.5 Å². The minimum absolute atomic E-state index is 0.110. The van der Waals surface area contributed by atoms with Crippen molar-refractivity contribution in [3.05, 3.63) is 100 Å². The number of para-hydroxylation sites is 1. The Morgan fingerprint density at radius 2 is 1.58 bits per heavy atom. The van der Waals surface area contributed by atoms with E-state index in [1.807, 2.05) is 68.4 Å². The number of carbonyl (C=O) groups excluding carboxylic acids is 2. The Balaban J connectivity index is 1.26. The van der Waals surface area contributed by atoms with E-state index in [4.69, 9.17) is 9.47 Å².